The lowest BCUT2D eigenvalue weighted by Crippen LogP contribution is -2.30. The van der Waals surface area contributed by atoms with Crippen LogP contribution in [0.2, 0.25) is 0 Å². The zero-order valence-electron chi connectivity index (χ0n) is 13.2. The fourth-order valence-corrected chi connectivity index (χ4v) is 4.09. The van der Waals surface area contributed by atoms with Crippen molar-refractivity contribution in [1.82, 2.24) is 4.90 Å². The van der Waals surface area contributed by atoms with Crippen molar-refractivity contribution in [1.29, 1.82) is 0 Å². The Kier molecular flexibility index (Phi) is 5.23. The Morgan fingerprint density at radius 1 is 1.39 bits per heavy atom. The maximum absolute atomic E-state index is 12.4. The highest BCUT2D eigenvalue weighted by molar-refractivity contribution is 7.98. The Morgan fingerprint density at radius 3 is 3.04 bits per heavy atom. The van der Waals surface area contributed by atoms with Gasteiger partial charge < -0.3 is 14.4 Å². The van der Waals surface area contributed by atoms with Crippen LogP contribution in [0, 0.1) is 5.92 Å². The first kappa shape index (κ1) is 16.3. The van der Waals surface area contributed by atoms with Gasteiger partial charge in [0.1, 0.15) is 6.10 Å². The Bertz CT molecular complexity index is 592. The van der Waals surface area contributed by atoms with Crippen LogP contribution in [0.3, 0.4) is 0 Å². The molecular weight excluding hydrogens is 314 g/mol. The van der Waals surface area contributed by atoms with Crippen LogP contribution in [0.4, 0.5) is 0 Å². The molecule has 2 aliphatic rings. The lowest BCUT2D eigenvalue weighted by Gasteiger charge is -2.26. The molecule has 1 amide bonds. The molecule has 0 aliphatic carbocycles. The zero-order valence-corrected chi connectivity index (χ0v) is 14.0. The van der Waals surface area contributed by atoms with Gasteiger partial charge >= 0.3 is 5.97 Å². The summed E-state index contributed by atoms with van der Waals surface area (Å²) in [6, 6.07) is 8.08. The molecule has 0 N–H and O–H groups in total. The molecule has 0 radical (unpaired) electrons. The van der Waals surface area contributed by atoms with Crippen molar-refractivity contribution in [2.75, 3.05) is 32.6 Å². The van der Waals surface area contributed by atoms with E-state index in [0.29, 0.717) is 19.7 Å². The summed E-state index contributed by atoms with van der Waals surface area (Å²) >= 11 is 1.77. The van der Waals surface area contributed by atoms with E-state index in [0.717, 1.165) is 17.1 Å². The number of hydrogen-bond donors (Lipinski definition) is 0. The number of thioether (sulfide) groups is 1. The summed E-state index contributed by atoms with van der Waals surface area (Å²) in [4.78, 5) is 26.1. The highest BCUT2D eigenvalue weighted by atomic mass is 32.2. The molecule has 2 aliphatic heterocycles. The molecule has 0 saturated carbocycles. The number of methoxy groups -OCH3 is 1. The largest absolute Gasteiger partial charge is 0.456 e. The molecule has 3 rings (SSSR count). The summed E-state index contributed by atoms with van der Waals surface area (Å²) in [6.45, 7) is 1.45. The van der Waals surface area contributed by atoms with E-state index in [1.807, 2.05) is 18.2 Å². The minimum atomic E-state index is -0.363. The molecule has 1 aromatic rings. The fourth-order valence-electron chi connectivity index (χ4n) is 3.03. The van der Waals surface area contributed by atoms with Crippen LogP contribution in [0.5, 0.6) is 0 Å². The number of esters is 1. The maximum Gasteiger partial charge on any atom is 0.311 e. The molecule has 2 heterocycles. The molecular formula is C17H21NO4S. The molecule has 124 valence electrons. The van der Waals surface area contributed by atoms with Crippen LogP contribution in [0.15, 0.2) is 24.3 Å². The van der Waals surface area contributed by atoms with E-state index in [4.69, 9.17) is 9.47 Å². The number of nitrogens with zero attached hydrogens (tertiary/aromatic N) is 1. The first-order chi connectivity index (χ1) is 11.2. The smallest absolute Gasteiger partial charge is 0.311 e. The van der Waals surface area contributed by atoms with E-state index >= 15 is 0 Å². The second-order valence-corrected chi connectivity index (χ2v) is 6.90. The van der Waals surface area contributed by atoms with E-state index in [9.17, 15) is 9.59 Å². The summed E-state index contributed by atoms with van der Waals surface area (Å²) in [5.41, 5.74) is 2.32. The highest BCUT2D eigenvalue weighted by Crippen LogP contribution is 2.35. The van der Waals surface area contributed by atoms with Crippen LogP contribution in [0.25, 0.3) is 0 Å². The SMILES string of the molecule is COCCN1C[C@@H](C(=O)O[C@H]2CSCc3ccccc32)CC1=O. The topological polar surface area (TPSA) is 55.8 Å². The maximum atomic E-state index is 12.4. The van der Waals surface area contributed by atoms with Crippen molar-refractivity contribution >= 4 is 23.6 Å². The average Bonchev–Trinajstić information content (AvgIpc) is 2.94. The van der Waals surface area contributed by atoms with Crippen LogP contribution in [0.1, 0.15) is 23.7 Å². The van der Waals surface area contributed by atoms with Gasteiger partial charge in [0.15, 0.2) is 0 Å². The summed E-state index contributed by atoms with van der Waals surface area (Å²) in [6.07, 6.45) is 0.0323. The second-order valence-electron chi connectivity index (χ2n) is 5.87. The fraction of sp³-hybridized carbons (Fsp3) is 0.529. The van der Waals surface area contributed by atoms with E-state index in [2.05, 4.69) is 6.07 Å². The molecule has 0 unspecified atom stereocenters. The van der Waals surface area contributed by atoms with Gasteiger partial charge in [-0.25, -0.2) is 0 Å². The first-order valence-electron chi connectivity index (χ1n) is 7.81. The van der Waals surface area contributed by atoms with Crippen molar-refractivity contribution in [3.8, 4) is 0 Å². The van der Waals surface area contributed by atoms with Crippen molar-refractivity contribution in [2.45, 2.75) is 18.3 Å². The molecule has 6 heteroatoms. The highest BCUT2D eigenvalue weighted by Gasteiger charge is 2.36. The molecule has 5 nitrogen and oxygen atoms in total. The molecule has 1 aromatic carbocycles. The molecule has 1 saturated heterocycles. The van der Waals surface area contributed by atoms with Crippen molar-refractivity contribution < 1.29 is 19.1 Å². The van der Waals surface area contributed by atoms with Crippen molar-refractivity contribution in [2.24, 2.45) is 5.92 Å². The van der Waals surface area contributed by atoms with Gasteiger partial charge in [0.2, 0.25) is 5.91 Å². The lowest BCUT2D eigenvalue weighted by atomic mass is 10.0. The summed E-state index contributed by atoms with van der Waals surface area (Å²) < 4.78 is 10.7. The first-order valence-corrected chi connectivity index (χ1v) is 8.97. The van der Waals surface area contributed by atoms with Crippen LogP contribution in [-0.4, -0.2) is 49.3 Å². The number of likely N-dealkylation sites (tertiary alicyclic amines) is 1. The van der Waals surface area contributed by atoms with E-state index < -0.39 is 0 Å². The minimum absolute atomic E-state index is 0.00224. The van der Waals surface area contributed by atoms with Gasteiger partial charge in [0.25, 0.3) is 0 Å². The Labute approximate surface area is 140 Å². The third-order valence-corrected chi connectivity index (χ3v) is 5.35. The number of carbonyl (C=O) groups excluding carboxylic acids is 2. The quantitative estimate of drug-likeness (QED) is 0.771. The molecule has 0 spiro atoms. The van der Waals surface area contributed by atoms with E-state index in [1.165, 1.54) is 5.56 Å². The molecule has 0 bridgehead atoms. The van der Waals surface area contributed by atoms with Crippen LogP contribution in [-0.2, 0) is 24.8 Å². The number of amides is 1. The normalized spacial score (nSPS) is 23.7. The van der Waals surface area contributed by atoms with Gasteiger partial charge in [0, 0.05) is 38.1 Å². The Hall–Kier alpha value is -1.53. The molecule has 2 atom stereocenters. The van der Waals surface area contributed by atoms with E-state index in [1.54, 1.807) is 23.8 Å². The predicted molar refractivity (Wildman–Crippen MR) is 88.0 cm³/mol. The second kappa shape index (κ2) is 7.36. The van der Waals surface area contributed by atoms with Gasteiger partial charge in [-0.15, -0.1) is 0 Å². The van der Waals surface area contributed by atoms with Gasteiger partial charge in [-0.3, -0.25) is 9.59 Å². The van der Waals surface area contributed by atoms with Crippen LogP contribution >= 0.6 is 11.8 Å². The number of benzene rings is 1. The molecule has 1 fully saturated rings. The Balaban J connectivity index is 1.61. The summed E-state index contributed by atoms with van der Waals surface area (Å²) in [7, 11) is 1.60. The summed E-state index contributed by atoms with van der Waals surface area (Å²) in [5, 5.41) is 0. The third kappa shape index (κ3) is 3.70. The van der Waals surface area contributed by atoms with Crippen LogP contribution < -0.4 is 0 Å². The van der Waals surface area contributed by atoms with Crippen molar-refractivity contribution in [3.05, 3.63) is 35.4 Å². The van der Waals surface area contributed by atoms with Gasteiger partial charge in [-0.05, 0) is 11.1 Å². The zero-order chi connectivity index (χ0) is 16.2. The average molecular weight is 335 g/mol. The monoisotopic (exact) mass is 335 g/mol. The van der Waals surface area contributed by atoms with Gasteiger partial charge in [-0.1, -0.05) is 24.3 Å². The predicted octanol–water partition coefficient (Wildman–Crippen LogP) is 2.01. The molecule has 0 aromatic heterocycles. The van der Waals surface area contributed by atoms with E-state index in [-0.39, 0.29) is 30.3 Å². The Morgan fingerprint density at radius 2 is 2.22 bits per heavy atom. The third-order valence-electron chi connectivity index (χ3n) is 4.30. The summed E-state index contributed by atoms with van der Waals surface area (Å²) in [5.74, 6) is 1.11. The van der Waals surface area contributed by atoms with Gasteiger partial charge in [-0.2, -0.15) is 11.8 Å². The minimum Gasteiger partial charge on any atom is -0.456 e. The number of hydrogen-bond acceptors (Lipinski definition) is 5. The number of ether oxygens (including phenoxy) is 2. The number of carbonyl (C=O) groups is 2. The number of rotatable bonds is 5. The van der Waals surface area contributed by atoms with Gasteiger partial charge in [0.05, 0.1) is 12.5 Å². The number of fused-ring (bicyclic) bond motifs is 1. The van der Waals surface area contributed by atoms with Crippen molar-refractivity contribution in [3.63, 3.8) is 0 Å². The standard InChI is InChI=1S/C17H21NO4S/c1-21-7-6-18-9-13(8-16(18)19)17(20)22-15-11-23-10-12-4-2-3-5-14(12)15/h2-5,13,15H,6-11H2,1H3/t13-,15-/m0/s1. The molecule has 23 heavy (non-hydrogen) atoms. The lowest BCUT2D eigenvalue weighted by molar-refractivity contribution is -0.153.